The van der Waals surface area contributed by atoms with Crippen molar-refractivity contribution in [2.75, 3.05) is 18.4 Å². The Morgan fingerprint density at radius 2 is 1.96 bits per heavy atom. The number of aromatic nitrogens is 2. The van der Waals surface area contributed by atoms with Crippen LogP contribution in [0.15, 0.2) is 53.2 Å². The van der Waals surface area contributed by atoms with Crippen LogP contribution in [0.1, 0.15) is 16.1 Å². The number of hydrogen-bond acceptors (Lipinski definition) is 5. The number of amides is 1. The van der Waals surface area contributed by atoms with Crippen LogP contribution < -0.4 is 10.6 Å². The third kappa shape index (κ3) is 5.01. The van der Waals surface area contributed by atoms with E-state index >= 15 is 0 Å². The summed E-state index contributed by atoms with van der Waals surface area (Å²) in [5, 5.41) is 9.69. The van der Waals surface area contributed by atoms with Gasteiger partial charge in [0.15, 0.2) is 11.5 Å². The van der Waals surface area contributed by atoms with Gasteiger partial charge in [-0.25, -0.2) is 4.98 Å². The molecule has 146 valence electrons. The Hall–Kier alpha value is -3.07. The van der Waals surface area contributed by atoms with Gasteiger partial charge in [0.25, 0.3) is 5.91 Å². The molecule has 0 aliphatic rings. The van der Waals surface area contributed by atoms with Gasteiger partial charge in [0.1, 0.15) is 5.82 Å². The molecule has 0 spiro atoms. The topological polar surface area (TPSA) is 80.0 Å². The summed E-state index contributed by atoms with van der Waals surface area (Å²) in [5.41, 5.74) is -0.0374. The molecule has 6 nitrogen and oxygen atoms in total. The van der Waals surface area contributed by atoms with Crippen molar-refractivity contribution in [2.24, 2.45) is 0 Å². The monoisotopic (exact) mass is 410 g/mol. The van der Waals surface area contributed by atoms with E-state index in [4.69, 9.17) is 16.1 Å². The van der Waals surface area contributed by atoms with E-state index in [1.807, 2.05) is 0 Å². The number of halogens is 4. The Morgan fingerprint density at radius 3 is 2.64 bits per heavy atom. The van der Waals surface area contributed by atoms with Crippen LogP contribution in [0, 0.1) is 0 Å². The normalized spacial score (nSPS) is 11.3. The van der Waals surface area contributed by atoms with Gasteiger partial charge in [-0.15, -0.1) is 0 Å². The zero-order valence-electron chi connectivity index (χ0n) is 14.3. The fourth-order valence-corrected chi connectivity index (χ4v) is 2.47. The molecule has 28 heavy (non-hydrogen) atoms. The quantitative estimate of drug-likeness (QED) is 0.594. The number of rotatable bonds is 6. The molecular weight excluding hydrogens is 397 g/mol. The highest BCUT2D eigenvalue weighted by molar-refractivity contribution is 6.30. The molecule has 2 aromatic heterocycles. The van der Waals surface area contributed by atoms with Gasteiger partial charge < -0.3 is 15.2 Å². The number of alkyl halides is 3. The second-order valence-corrected chi connectivity index (χ2v) is 6.14. The van der Waals surface area contributed by atoms with Crippen molar-refractivity contribution in [2.45, 2.75) is 6.18 Å². The largest absolute Gasteiger partial charge is 0.417 e. The van der Waals surface area contributed by atoms with Gasteiger partial charge in [-0.05, 0) is 24.3 Å². The van der Waals surface area contributed by atoms with Crippen LogP contribution in [0.4, 0.5) is 19.0 Å². The Labute approximate surface area is 162 Å². The van der Waals surface area contributed by atoms with Gasteiger partial charge >= 0.3 is 6.18 Å². The molecule has 2 heterocycles. The van der Waals surface area contributed by atoms with Crippen molar-refractivity contribution in [3.05, 3.63) is 64.9 Å². The maximum atomic E-state index is 12.5. The lowest BCUT2D eigenvalue weighted by Gasteiger charge is -2.08. The second kappa shape index (κ2) is 8.30. The maximum absolute atomic E-state index is 12.5. The molecule has 3 rings (SSSR count). The van der Waals surface area contributed by atoms with E-state index in [1.165, 1.54) is 12.1 Å². The highest BCUT2D eigenvalue weighted by atomic mass is 35.5. The van der Waals surface area contributed by atoms with E-state index in [9.17, 15) is 18.0 Å². The number of hydrogen-bond donors (Lipinski definition) is 2. The molecule has 0 unspecified atom stereocenters. The van der Waals surface area contributed by atoms with Crippen LogP contribution in [-0.4, -0.2) is 29.1 Å². The number of carbonyl (C=O) groups excluding carboxylic acids is 1. The van der Waals surface area contributed by atoms with Gasteiger partial charge in [0.05, 0.1) is 5.56 Å². The first-order valence-corrected chi connectivity index (χ1v) is 8.49. The summed E-state index contributed by atoms with van der Waals surface area (Å²) in [6, 6.07) is 10.6. The first-order valence-electron chi connectivity index (χ1n) is 8.11. The molecule has 2 N–H and O–H groups in total. The lowest BCUT2D eigenvalue weighted by molar-refractivity contribution is -0.137. The van der Waals surface area contributed by atoms with Gasteiger partial charge in [-0.3, -0.25) is 4.79 Å². The predicted octanol–water partition coefficient (Wildman–Crippen LogP) is 4.25. The highest BCUT2D eigenvalue weighted by Gasteiger charge is 2.30. The molecule has 3 aromatic rings. The van der Waals surface area contributed by atoms with Crippen LogP contribution >= 0.6 is 11.6 Å². The van der Waals surface area contributed by atoms with E-state index in [0.717, 1.165) is 12.3 Å². The molecule has 1 amide bonds. The number of benzene rings is 1. The number of anilines is 1. The summed E-state index contributed by atoms with van der Waals surface area (Å²) in [4.78, 5) is 15.8. The van der Waals surface area contributed by atoms with Gasteiger partial charge in [0, 0.05) is 35.9 Å². The van der Waals surface area contributed by atoms with Crippen molar-refractivity contribution >= 4 is 23.3 Å². The highest BCUT2D eigenvalue weighted by Crippen LogP contribution is 2.28. The fraction of sp³-hybridized carbons (Fsp3) is 0.167. The summed E-state index contributed by atoms with van der Waals surface area (Å²) in [7, 11) is 0. The van der Waals surface area contributed by atoms with Gasteiger partial charge in [-0.2, -0.15) is 13.2 Å². The molecule has 1 aromatic carbocycles. The summed E-state index contributed by atoms with van der Waals surface area (Å²) >= 11 is 5.92. The van der Waals surface area contributed by atoms with E-state index in [1.54, 1.807) is 24.3 Å². The molecule has 0 radical (unpaired) electrons. The summed E-state index contributed by atoms with van der Waals surface area (Å²) in [5.74, 6) is 0.228. The maximum Gasteiger partial charge on any atom is 0.417 e. The van der Waals surface area contributed by atoms with Crippen molar-refractivity contribution in [1.29, 1.82) is 0 Å². The minimum Gasteiger partial charge on any atom is -0.368 e. The van der Waals surface area contributed by atoms with Crippen LogP contribution in [0.3, 0.4) is 0 Å². The van der Waals surface area contributed by atoms with Gasteiger partial charge in [-0.1, -0.05) is 28.9 Å². The second-order valence-electron chi connectivity index (χ2n) is 5.70. The average molecular weight is 411 g/mol. The minimum atomic E-state index is -4.43. The molecular formula is C18H14ClF3N4O2. The zero-order chi connectivity index (χ0) is 20.1. The Kier molecular flexibility index (Phi) is 5.84. The lowest BCUT2D eigenvalue weighted by atomic mass is 10.1. The predicted molar refractivity (Wildman–Crippen MR) is 97.0 cm³/mol. The third-order valence-corrected chi connectivity index (χ3v) is 3.89. The van der Waals surface area contributed by atoms with Crippen molar-refractivity contribution < 1.29 is 22.5 Å². The lowest BCUT2D eigenvalue weighted by Crippen LogP contribution is -2.29. The van der Waals surface area contributed by atoms with Crippen LogP contribution in [0.25, 0.3) is 11.3 Å². The van der Waals surface area contributed by atoms with Crippen LogP contribution in [-0.2, 0) is 6.18 Å². The number of nitrogens with zero attached hydrogens (tertiary/aromatic N) is 2. The molecule has 0 saturated heterocycles. The summed E-state index contributed by atoms with van der Waals surface area (Å²) < 4.78 is 42.6. The van der Waals surface area contributed by atoms with E-state index in [2.05, 4.69) is 20.8 Å². The molecule has 0 bridgehead atoms. The molecule has 0 atom stereocenters. The van der Waals surface area contributed by atoms with Crippen molar-refractivity contribution in [3.8, 4) is 11.3 Å². The molecule has 10 heteroatoms. The summed E-state index contributed by atoms with van der Waals surface area (Å²) in [6.45, 7) is 0.476. The third-order valence-electron chi connectivity index (χ3n) is 3.66. The Balaban J connectivity index is 1.48. The minimum absolute atomic E-state index is 0.0997. The first kappa shape index (κ1) is 19.7. The van der Waals surface area contributed by atoms with E-state index in [-0.39, 0.29) is 24.6 Å². The molecule has 0 aliphatic heterocycles. The first-order chi connectivity index (χ1) is 13.3. The Morgan fingerprint density at radius 1 is 1.14 bits per heavy atom. The molecule has 0 aliphatic carbocycles. The number of carbonyl (C=O) groups is 1. The van der Waals surface area contributed by atoms with Crippen molar-refractivity contribution in [3.63, 3.8) is 0 Å². The zero-order valence-corrected chi connectivity index (χ0v) is 15.0. The van der Waals surface area contributed by atoms with Gasteiger partial charge in [0.2, 0.25) is 0 Å². The molecule has 0 saturated carbocycles. The SMILES string of the molecule is O=C(NCCNc1ccc(C(F)(F)F)cn1)c1cc(-c2cccc(Cl)c2)on1. The number of pyridine rings is 1. The number of nitrogens with one attached hydrogen (secondary N) is 2. The average Bonchev–Trinajstić information content (AvgIpc) is 3.15. The fourth-order valence-electron chi connectivity index (χ4n) is 2.28. The van der Waals surface area contributed by atoms with Crippen LogP contribution in [0.2, 0.25) is 5.02 Å². The van der Waals surface area contributed by atoms with Crippen molar-refractivity contribution in [1.82, 2.24) is 15.5 Å². The smallest absolute Gasteiger partial charge is 0.368 e. The summed E-state index contributed by atoms with van der Waals surface area (Å²) in [6.07, 6.45) is -3.69. The Bertz CT molecular complexity index is 958. The van der Waals surface area contributed by atoms with Crippen LogP contribution in [0.5, 0.6) is 0 Å². The molecule has 0 fully saturated rings. The standard InChI is InChI=1S/C18H14ClF3N4O2/c19-13-3-1-2-11(8-13)15-9-14(26-28-15)17(27)24-7-6-23-16-5-4-12(10-25-16)18(20,21)22/h1-5,8-10H,6-7H2,(H,23,25)(H,24,27). The van der Waals surface area contributed by atoms with E-state index < -0.39 is 17.6 Å². The van der Waals surface area contributed by atoms with E-state index in [0.29, 0.717) is 16.3 Å².